The van der Waals surface area contributed by atoms with Crippen LogP contribution >= 0.6 is 0 Å². The van der Waals surface area contributed by atoms with Crippen molar-refractivity contribution in [1.29, 1.82) is 0 Å². The number of hydrogen-bond acceptors (Lipinski definition) is 3. The summed E-state index contributed by atoms with van der Waals surface area (Å²) in [4.78, 5) is 13.6. The van der Waals surface area contributed by atoms with E-state index in [2.05, 4.69) is 90.3 Å². The Bertz CT molecular complexity index is 1240. The molecule has 4 nitrogen and oxygen atoms in total. The van der Waals surface area contributed by atoms with Crippen LogP contribution in [0.15, 0.2) is 66.7 Å². The van der Waals surface area contributed by atoms with E-state index < -0.39 is 8.32 Å². The number of amides is 1. The second-order valence-corrected chi connectivity index (χ2v) is 17.5. The Morgan fingerprint density at radius 2 is 1.46 bits per heavy atom. The SMILES string of the molecule is CC(C)(C)c1ccc(CO[Si](C)(C)C(C)(C)C)cc1NC(=O)CC1c2ccccc2Oc2ccccc21. The van der Waals surface area contributed by atoms with Gasteiger partial charge in [-0.15, -0.1) is 0 Å². The van der Waals surface area contributed by atoms with Crippen LogP contribution < -0.4 is 10.1 Å². The summed E-state index contributed by atoms with van der Waals surface area (Å²) < 4.78 is 12.6. The lowest BCUT2D eigenvalue weighted by atomic mass is 9.84. The number of carbonyl (C=O) groups is 1. The predicted octanol–water partition coefficient (Wildman–Crippen LogP) is 8.77. The third-order valence-corrected chi connectivity index (χ3v) is 12.2. The van der Waals surface area contributed by atoms with Gasteiger partial charge in [-0.3, -0.25) is 4.79 Å². The second-order valence-electron chi connectivity index (χ2n) is 12.7. The molecule has 0 aromatic heterocycles. The molecule has 0 bridgehead atoms. The number of para-hydroxylation sites is 2. The van der Waals surface area contributed by atoms with Crippen LogP contribution in [0.5, 0.6) is 11.5 Å². The molecule has 0 unspecified atom stereocenters. The molecule has 0 saturated carbocycles. The van der Waals surface area contributed by atoms with Gasteiger partial charge in [-0.1, -0.05) is 90.1 Å². The molecule has 0 aliphatic carbocycles. The molecule has 0 fully saturated rings. The molecule has 37 heavy (non-hydrogen) atoms. The topological polar surface area (TPSA) is 47.6 Å². The molecular formula is C32H41NO3Si. The van der Waals surface area contributed by atoms with Gasteiger partial charge in [0, 0.05) is 29.2 Å². The maximum absolute atomic E-state index is 13.6. The van der Waals surface area contributed by atoms with Crippen molar-refractivity contribution in [3.05, 3.63) is 89.0 Å². The highest BCUT2D eigenvalue weighted by Gasteiger charge is 2.37. The number of rotatable bonds is 6. The Morgan fingerprint density at radius 3 is 2.00 bits per heavy atom. The van der Waals surface area contributed by atoms with Gasteiger partial charge in [-0.25, -0.2) is 0 Å². The molecule has 5 heteroatoms. The van der Waals surface area contributed by atoms with Crippen molar-refractivity contribution in [3.63, 3.8) is 0 Å². The van der Waals surface area contributed by atoms with Crippen molar-refractivity contribution in [2.24, 2.45) is 0 Å². The number of hydrogen-bond donors (Lipinski definition) is 1. The van der Waals surface area contributed by atoms with Gasteiger partial charge in [-0.05, 0) is 52.9 Å². The van der Waals surface area contributed by atoms with Crippen LogP contribution in [-0.2, 0) is 21.2 Å². The first-order valence-corrected chi connectivity index (χ1v) is 16.1. The maximum Gasteiger partial charge on any atom is 0.225 e. The van der Waals surface area contributed by atoms with E-state index in [0.29, 0.717) is 13.0 Å². The number of benzene rings is 3. The molecule has 0 atom stereocenters. The second kappa shape index (κ2) is 10.1. The van der Waals surface area contributed by atoms with Crippen LogP contribution in [-0.4, -0.2) is 14.2 Å². The number of nitrogens with one attached hydrogen (secondary N) is 1. The summed E-state index contributed by atoms with van der Waals surface area (Å²) in [6, 6.07) is 22.4. The number of anilines is 1. The maximum atomic E-state index is 13.6. The van der Waals surface area contributed by atoms with Gasteiger partial charge in [0.05, 0.1) is 6.61 Å². The summed E-state index contributed by atoms with van der Waals surface area (Å²) in [6.45, 7) is 18.4. The Kier molecular flexibility index (Phi) is 7.42. The monoisotopic (exact) mass is 515 g/mol. The van der Waals surface area contributed by atoms with E-state index in [1.54, 1.807) is 0 Å². The van der Waals surface area contributed by atoms with Crippen LogP contribution in [0.25, 0.3) is 0 Å². The summed E-state index contributed by atoms with van der Waals surface area (Å²) in [5.41, 5.74) is 5.04. The Labute approximate surface area is 223 Å². The van der Waals surface area contributed by atoms with Gasteiger partial charge in [-0.2, -0.15) is 0 Å². The first kappa shape index (κ1) is 27.1. The van der Waals surface area contributed by atoms with Crippen molar-refractivity contribution in [2.45, 2.75) is 84.0 Å². The zero-order chi connectivity index (χ0) is 27.0. The Hall–Kier alpha value is -2.89. The van der Waals surface area contributed by atoms with E-state index in [1.165, 1.54) is 0 Å². The average Bonchev–Trinajstić information content (AvgIpc) is 2.81. The largest absolute Gasteiger partial charge is 0.457 e. The standard InChI is InChI=1S/C32H41NO3Si/c1-31(2,3)26-18-17-22(21-35-37(7,8)32(4,5)6)19-27(26)33-30(34)20-25-23-13-9-11-15-28(23)36-29-16-12-10-14-24(25)29/h9-19,25H,20-21H2,1-8H3,(H,33,34). The van der Waals surface area contributed by atoms with Crippen LogP contribution in [0, 0.1) is 0 Å². The Morgan fingerprint density at radius 1 is 0.892 bits per heavy atom. The number of carbonyl (C=O) groups excluding carboxylic acids is 1. The molecule has 3 aromatic rings. The van der Waals surface area contributed by atoms with E-state index in [9.17, 15) is 4.79 Å². The molecule has 4 rings (SSSR count). The highest BCUT2D eigenvalue weighted by Crippen LogP contribution is 2.45. The zero-order valence-electron chi connectivity index (χ0n) is 23.6. The lowest BCUT2D eigenvalue weighted by Gasteiger charge is -2.36. The third kappa shape index (κ3) is 5.99. The van der Waals surface area contributed by atoms with E-state index in [0.717, 1.165) is 39.4 Å². The molecule has 1 N–H and O–H groups in total. The fourth-order valence-electron chi connectivity index (χ4n) is 4.53. The van der Waals surface area contributed by atoms with Gasteiger partial charge in [0.15, 0.2) is 8.32 Å². The minimum absolute atomic E-state index is 0.00975. The quantitative estimate of drug-likeness (QED) is 0.334. The number of fused-ring (bicyclic) bond motifs is 2. The van der Waals surface area contributed by atoms with Crippen molar-refractivity contribution >= 4 is 19.9 Å². The highest BCUT2D eigenvalue weighted by atomic mass is 28.4. The summed E-state index contributed by atoms with van der Waals surface area (Å²) in [5.74, 6) is 1.56. The molecule has 1 amide bonds. The van der Waals surface area contributed by atoms with Gasteiger partial charge in [0.1, 0.15) is 11.5 Å². The lowest BCUT2D eigenvalue weighted by Crippen LogP contribution is -2.40. The Balaban J connectivity index is 1.59. The first-order valence-electron chi connectivity index (χ1n) is 13.2. The van der Waals surface area contributed by atoms with Crippen LogP contribution in [0.1, 0.15) is 76.1 Å². The van der Waals surface area contributed by atoms with Crippen LogP contribution in [0.2, 0.25) is 18.1 Å². The molecule has 3 aromatic carbocycles. The van der Waals surface area contributed by atoms with Gasteiger partial charge >= 0.3 is 0 Å². The van der Waals surface area contributed by atoms with E-state index in [1.807, 2.05) is 36.4 Å². The lowest BCUT2D eigenvalue weighted by molar-refractivity contribution is -0.116. The van der Waals surface area contributed by atoms with Crippen LogP contribution in [0.4, 0.5) is 5.69 Å². The molecule has 1 aliphatic rings. The van der Waals surface area contributed by atoms with Crippen molar-refractivity contribution in [3.8, 4) is 11.5 Å². The molecule has 0 spiro atoms. The van der Waals surface area contributed by atoms with Crippen molar-refractivity contribution in [1.82, 2.24) is 0 Å². The summed E-state index contributed by atoms with van der Waals surface area (Å²) in [5, 5.41) is 3.41. The van der Waals surface area contributed by atoms with Gasteiger partial charge in [0.2, 0.25) is 5.91 Å². The summed E-state index contributed by atoms with van der Waals surface area (Å²) >= 11 is 0. The number of ether oxygens (including phenoxy) is 1. The molecule has 1 aliphatic heterocycles. The minimum Gasteiger partial charge on any atom is -0.457 e. The molecule has 1 heterocycles. The average molecular weight is 516 g/mol. The highest BCUT2D eigenvalue weighted by molar-refractivity contribution is 6.74. The van der Waals surface area contributed by atoms with E-state index in [4.69, 9.17) is 9.16 Å². The van der Waals surface area contributed by atoms with Gasteiger partial charge in [0.25, 0.3) is 0 Å². The zero-order valence-corrected chi connectivity index (χ0v) is 24.6. The minimum atomic E-state index is -1.88. The molecular weight excluding hydrogens is 474 g/mol. The predicted molar refractivity (Wildman–Crippen MR) is 155 cm³/mol. The fourth-order valence-corrected chi connectivity index (χ4v) is 5.49. The third-order valence-electron chi connectivity index (χ3n) is 7.77. The first-order chi connectivity index (χ1) is 17.3. The normalized spacial score (nSPS) is 13.9. The van der Waals surface area contributed by atoms with E-state index >= 15 is 0 Å². The van der Waals surface area contributed by atoms with Crippen LogP contribution in [0.3, 0.4) is 0 Å². The fraction of sp³-hybridized carbons (Fsp3) is 0.406. The molecule has 0 radical (unpaired) electrons. The van der Waals surface area contributed by atoms with Crippen molar-refractivity contribution < 1.29 is 14.0 Å². The van der Waals surface area contributed by atoms with Crippen molar-refractivity contribution in [2.75, 3.05) is 5.32 Å². The molecule has 196 valence electrons. The summed E-state index contributed by atoms with van der Waals surface area (Å²) in [6.07, 6.45) is 0.339. The summed E-state index contributed by atoms with van der Waals surface area (Å²) in [7, 11) is -1.88. The van der Waals surface area contributed by atoms with E-state index in [-0.39, 0.29) is 22.3 Å². The smallest absolute Gasteiger partial charge is 0.225 e. The van der Waals surface area contributed by atoms with Gasteiger partial charge < -0.3 is 14.5 Å². The molecule has 0 saturated heterocycles.